The van der Waals surface area contributed by atoms with Crippen LogP contribution in [0.15, 0.2) is 42.6 Å². The van der Waals surface area contributed by atoms with Gasteiger partial charge in [0.15, 0.2) is 0 Å². The molecule has 5 nitrogen and oxygen atoms in total. The van der Waals surface area contributed by atoms with E-state index in [-0.39, 0.29) is 12.6 Å². The first kappa shape index (κ1) is 14.5. The molecule has 22 heavy (non-hydrogen) atoms. The van der Waals surface area contributed by atoms with Crippen molar-refractivity contribution in [2.75, 3.05) is 13.2 Å². The Labute approximate surface area is 129 Å². The Morgan fingerprint density at radius 1 is 1.32 bits per heavy atom. The molecule has 5 heteroatoms. The fourth-order valence-electron chi connectivity index (χ4n) is 2.86. The number of ether oxygens (including phenoxy) is 1. The molecule has 3 rings (SSSR count). The van der Waals surface area contributed by atoms with E-state index < -0.39 is 6.09 Å². The topological polar surface area (TPSA) is 71.5 Å². The van der Waals surface area contributed by atoms with E-state index >= 15 is 0 Å². The number of fused-ring (bicyclic) bond motifs is 1. The van der Waals surface area contributed by atoms with Crippen LogP contribution in [0.5, 0.6) is 0 Å². The molecule has 0 bridgehead atoms. The smallest absolute Gasteiger partial charge is 0.404 e. The van der Waals surface area contributed by atoms with Crippen molar-refractivity contribution in [1.29, 1.82) is 0 Å². The van der Waals surface area contributed by atoms with Crippen molar-refractivity contribution in [3.05, 3.63) is 53.7 Å². The third kappa shape index (κ3) is 3.09. The monoisotopic (exact) mass is 298 g/mol. The number of hydrogen-bond donors (Lipinski definition) is 2. The molecule has 2 N–H and O–H groups in total. The molecule has 1 aromatic heterocycles. The molecule has 2 aromatic rings. The van der Waals surface area contributed by atoms with Gasteiger partial charge >= 0.3 is 6.09 Å². The van der Waals surface area contributed by atoms with Crippen LogP contribution in [0.1, 0.15) is 23.7 Å². The number of nitrogens with zero attached hydrogens (tertiary/aromatic N) is 1. The third-order valence-corrected chi connectivity index (χ3v) is 3.83. The number of benzene rings is 1. The number of pyridine rings is 1. The molecule has 1 aromatic carbocycles. The van der Waals surface area contributed by atoms with E-state index in [0.717, 1.165) is 29.7 Å². The van der Waals surface area contributed by atoms with Gasteiger partial charge in [-0.2, -0.15) is 0 Å². The molecule has 0 radical (unpaired) electrons. The van der Waals surface area contributed by atoms with Gasteiger partial charge in [-0.25, -0.2) is 4.79 Å². The highest BCUT2D eigenvalue weighted by molar-refractivity contribution is 5.66. The lowest BCUT2D eigenvalue weighted by atomic mass is 9.92. The Hall–Kier alpha value is -2.40. The molecular weight excluding hydrogens is 280 g/mol. The Bertz CT molecular complexity index is 658. The highest BCUT2D eigenvalue weighted by atomic mass is 16.5. The molecular formula is C17H18N2O3. The van der Waals surface area contributed by atoms with Crippen LogP contribution in [-0.4, -0.2) is 29.3 Å². The molecule has 0 saturated carbocycles. The maximum absolute atomic E-state index is 10.8. The summed E-state index contributed by atoms with van der Waals surface area (Å²) < 4.78 is 5.82. The molecule has 0 aliphatic carbocycles. The van der Waals surface area contributed by atoms with Gasteiger partial charge in [-0.15, -0.1) is 0 Å². The van der Waals surface area contributed by atoms with E-state index in [4.69, 9.17) is 9.84 Å². The van der Waals surface area contributed by atoms with Gasteiger partial charge in [-0.3, -0.25) is 4.98 Å². The zero-order valence-corrected chi connectivity index (χ0v) is 12.2. The number of carbonyl (C=O) groups is 1. The van der Waals surface area contributed by atoms with Crippen LogP contribution in [-0.2, 0) is 11.2 Å². The number of nitrogens with one attached hydrogen (secondary N) is 1. The van der Waals surface area contributed by atoms with Crippen LogP contribution in [0.3, 0.4) is 0 Å². The lowest BCUT2D eigenvalue weighted by Gasteiger charge is -2.19. The van der Waals surface area contributed by atoms with Crippen LogP contribution < -0.4 is 5.32 Å². The quantitative estimate of drug-likeness (QED) is 0.913. The van der Waals surface area contributed by atoms with Crippen LogP contribution in [0.4, 0.5) is 4.79 Å². The Balaban J connectivity index is 1.99. The molecule has 2 heterocycles. The van der Waals surface area contributed by atoms with Gasteiger partial charge < -0.3 is 15.2 Å². The standard InChI is InChI=1S/C17H18N2O3/c20-17(21)19-11-16-14-6-3-5-13(12(14)7-4-10-22-16)15-8-1-2-9-18-15/h1-3,5-6,8-9,16,19H,4,7,10-11H2,(H,20,21). The van der Waals surface area contributed by atoms with Crippen molar-refractivity contribution in [2.45, 2.75) is 18.9 Å². The summed E-state index contributed by atoms with van der Waals surface area (Å²) in [6, 6.07) is 11.9. The van der Waals surface area contributed by atoms with Crippen LogP contribution in [0.25, 0.3) is 11.3 Å². The summed E-state index contributed by atoms with van der Waals surface area (Å²) in [5.41, 5.74) is 4.29. The van der Waals surface area contributed by atoms with Crippen molar-refractivity contribution < 1.29 is 14.6 Å². The maximum Gasteiger partial charge on any atom is 0.404 e. The van der Waals surface area contributed by atoms with Crippen LogP contribution in [0, 0.1) is 0 Å². The second-order valence-electron chi connectivity index (χ2n) is 5.24. The Morgan fingerprint density at radius 3 is 3.00 bits per heavy atom. The molecule has 1 atom stereocenters. The zero-order valence-electron chi connectivity index (χ0n) is 12.2. The number of carboxylic acid groups (broad SMARTS) is 1. The van der Waals surface area contributed by atoms with Gasteiger partial charge in [-0.1, -0.05) is 24.3 Å². The lowest BCUT2D eigenvalue weighted by molar-refractivity contribution is 0.0564. The largest absolute Gasteiger partial charge is 0.465 e. The second-order valence-corrected chi connectivity index (χ2v) is 5.24. The lowest BCUT2D eigenvalue weighted by Crippen LogP contribution is -2.28. The average Bonchev–Trinajstić information content (AvgIpc) is 2.75. The zero-order chi connectivity index (χ0) is 15.4. The van der Waals surface area contributed by atoms with Gasteiger partial charge in [0.2, 0.25) is 0 Å². The molecule has 1 amide bonds. The molecule has 1 unspecified atom stereocenters. The van der Waals surface area contributed by atoms with E-state index in [1.165, 1.54) is 5.56 Å². The van der Waals surface area contributed by atoms with E-state index in [0.29, 0.717) is 6.61 Å². The molecule has 1 aliphatic heterocycles. The summed E-state index contributed by atoms with van der Waals surface area (Å²) in [5.74, 6) is 0. The van der Waals surface area contributed by atoms with E-state index in [1.807, 2.05) is 30.3 Å². The average molecular weight is 298 g/mol. The summed E-state index contributed by atoms with van der Waals surface area (Å²) in [6.07, 6.45) is 2.32. The number of hydrogen-bond acceptors (Lipinski definition) is 3. The fraction of sp³-hybridized carbons (Fsp3) is 0.294. The molecule has 1 aliphatic rings. The first-order chi connectivity index (χ1) is 10.8. The van der Waals surface area contributed by atoms with Crippen LogP contribution >= 0.6 is 0 Å². The van der Waals surface area contributed by atoms with Gasteiger partial charge in [0.25, 0.3) is 0 Å². The van der Waals surface area contributed by atoms with Crippen molar-refractivity contribution in [3.63, 3.8) is 0 Å². The number of amides is 1. The maximum atomic E-state index is 10.8. The minimum Gasteiger partial charge on any atom is -0.465 e. The molecule has 114 valence electrons. The van der Waals surface area contributed by atoms with Gasteiger partial charge in [0, 0.05) is 18.4 Å². The normalized spacial score (nSPS) is 17.4. The Morgan fingerprint density at radius 2 is 2.23 bits per heavy atom. The predicted molar refractivity (Wildman–Crippen MR) is 82.7 cm³/mol. The first-order valence-corrected chi connectivity index (χ1v) is 7.37. The van der Waals surface area contributed by atoms with Crippen molar-refractivity contribution >= 4 is 6.09 Å². The molecule has 0 spiro atoms. The van der Waals surface area contributed by atoms with Crippen molar-refractivity contribution in [3.8, 4) is 11.3 Å². The van der Waals surface area contributed by atoms with Crippen molar-refractivity contribution in [1.82, 2.24) is 10.3 Å². The summed E-state index contributed by atoms with van der Waals surface area (Å²) >= 11 is 0. The number of rotatable bonds is 3. The highest BCUT2D eigenvalue weighted by Crippen LogP contribution is 2.33. The van der Waals surface area contributed by atoms with E-state index in [1.54, 1.807) is 6.20 Å². The Kier molecular flexibility index (Phi) is 4.34. The van der Waals surface area contributed by atoms with Crippen LogP contribution in [0.2, 0.25) is 0 Å². The minimum atomic E-state index is -1.03. The molecule has 0 saturated heterocycles. The van der Waals surface area contributed by atoms with E-state index in [9.17, 15) is 4.79 Å². The van der Waals surface area contributed by atoms with E-state index in [2.05, 4.69) is 16.4 Å². The van der Waals surface area contributed by atoms with Gasteiger partial charge in [0.1, 0.15) is 6.10 Å². The molecule has 0 fully saturated rings. The number of aromatic nitrogens is 1. The SMILES string of the molecule is O=C(O)NCC1OCCCc2c(-c3ccccn3)cccc21. The summed E-state index contributed by atoms with van der Waals surface area (Å²) in [4.78, 5) is 15.2. The van der Waals surface area contributed by atoms with Crippen molar-refractivity contribution in [2.24, 2.45) is 0 Å². The highest BCUT2D eigenvalue weighted by Gasteiger charge is 2.22. The fourth-order valence-corrected chi connectivity index (χ4v) is 2.86. The minimum absolute atomic E-state index is 0.253. The summed E-state index contributed by atoms with van der Waals surface area (Å²) in [7, 11) is 0. The summed E-state index contributed by atoms with van der Waals surface area (Å²) in [5, 5.41) is 11.2. The first-order valence-electron chi connectivity index (χ1n) is 7.37. The third-order valence-electron chi connectivity index (χ3n) is 3.83. The summed E-state index contributed by atoms with van der Waals surface area (Å²) in [6.45, 7) is 0.885. The second kappa shape index (κ2) is 6.58. The van der Waals surface area contributed by atoms with Gasteiger partial charge in [0.05, 0.1) is 12.2 Å². The van der Waals surface area contributed by atoms with Gasteiger partial charge in [-0.05, 0) is 36.1 Å². The predicted octanol–water partition coefficient (Wildman–Crippen LogP) is 3.02.